The van der Waals surface area contributed by atoms with Crippen LogP contribution in [0.15, 0.2) is 24.3 Å². The Bertz CT molecular complexity index is 759. The number of carbonyl (C=O) groups is 3. The van der Waals surface area contributed by atoms with Gasteiger partial charge in [-0.25, -0.2) is 0 Å². The number of benzene rings is 1. The first-order valence-electron chi connectivity index (χ1n) is 12.1. The highest BCUT2D eigenvalue weighted by atomic mass is 16.5. The second-order valence-electron chi connectivity index (χ2n) is 8.48. The molecule has 1 aromatic rings. The highest BCUT2D eigenvalue weighted by Crippen LogP contribution is 2.19. The summed E-state index contributed by atoms with van der Waals surface area (Å²) in [5.74, 6) is 0.190. The molecule has 0 spiro atoms. The third-order valence-electron chi connectivity index (χ3n) is 5.87. The summed E-state index contributed by atoms with van der Waals surface area (Å²) in [6, 6.07) is 6.30. The van der Waals surface area contributed by atoms with Crippen molar-refractivity contribution in [1.82, 2.24) is 20.9 Å². The number of ether oxygens (including phenoxy) is 1. The maximum absolute atomic E-state index is 13.3. The number of carbonyl (C=O) groups excluding carboxylic acids is 3. The van der Waals surface area contributed by atoms with Crippen LogP contribution in [-0.4, -0.2) is 79.7 Å². The van der Waals surface area contributed by atoms with Gasteiger partial charge in [-0.05, 0) is 44.2 Å². The number of nitrogens with zero attached hydrogens (tertiary/aromatic N) is 1. The standard InChI is InChI=1S/C25H42N4O5/c1-6-18(3)22(25(33)29(5)23(19(4)31)24(32)27-7-2)28-15-16-34-21-13-9-8-11-20(21)12-10-14-26-17-30/h8-9,11,13,17-19,22-23,28,31H,6-7,10,12,14-16H2,1-5H3,(H,26,30)(H,27,32). The number of nitrogens with one attached hydrogen (secondary N) is 3. The van der Waals surface area contributed by atoms with E-state index in [1.807, 2.05) is 38.1 Å². The van der Waals surface area contributed by atoms with E-state index in [0.29, 0.717) is 32.7 Å². The van der Waals surface area contributed by atoms with Crippen LogP contribution >= 0.6 is 0 Å². The van der Waals surface area contributed by atoms with Crippen molar-refractivity contribution in [2.45, 2.75) is 65.1 Å². The molecule has 0 fully saturated rings. The molecule has 9 nitrogen and oxygen atoms in total. The van der Waals surface area contributed by atoms with Gasteiger partial charge in [-0.3, -0.25) is 14.4 Å². The molecule has 34 heavy (non-hydrogen) atoms. The smallest absolute Gasteiger partial charge is 0.245 e. The van der Waals surface area contributed by atoms with Gasteiger partial charge < -0.3 is 30.7 Å². The number of likely N-dealkylation sites (N-methyl/N-ethyl adjacent to an activating group) is 2. The van der Waals surface area contributed by atoms with E-state index in [9.17, 15) is 19.5 Å². The molecule has 4 atom stereocenters. The quantitative estimate of drug-likeness (QED) is 0.197. The number of para-hydroxylation sites is 1. The Labute approximate surface area is 203 Å². The van der Waals surface area contributed by atoms with Crippen molar-refractivity contribution in [3.63, 3.8) is 0 Å². The monoisotopic (exact) mass is 478 g/mol. The number of amides is 3. The lowest BCUT2D eigenvalue weighted by molar-refractivity contribution is -0.145. The van der Waals surface area contributed by atoms with Crippen LogP contribution in [0.3, 0.4) is 0 Å². The topological polar surface area (TPSA) is 120 Å². The summed E-state index contributed by atoms with van der Waals surface area (Å²) in [7, 11) is 1.55. The number of aliphatic hydroxyl groups is 1. The predicted octanol–water partition coefficient (Wildman–Crippen LogP) is 1.09. The van der Waals surface area contributed by atoms with Gasteiger partial charge in [-0.2, -0.15) is 0 Å². The molecule has 0 bridgehead atoms. The van der Waals surface area contributed by atoms with Crippen molar-refractivity contribution in [2.75, 3.05) is 33.3 Å². The number of hydrogen-bond donors (Lipinski definition) is 4. The number of aliphatic hydroxyl groups excluding tert-OH is 1. The summed E-state index contributed by atoms with van der Waals surface area (Å²) in [5.41, 5.74) is 1.06. The zero-order chi connectivity index (χ0) is 25.5. The fourth-order valence-electron chi connectivity index (χ4n) is 3.79. The zero-order valence-electron chi connectivity index (χ0n) is 21.2. The van der Waals surface area contributed by atoms with E-state index in [-0.39, 0.29) is 17.7 Å². The maximum Gasteiger partial charge on any atom is 0.245 e. The van der Waals surface area contributed by atoms with E-state index < -0.39 is 18.2 Å². The van der Waals surface area contributed by atoms with Gasteiger partial charge in [0, 0.05) is 26.7 Å². The predicted molar refractivity (Wildman–Crippen MR) is 132 cm³/mol. The second-order valence-corrected chi connectivity index (χ2v) is 8.48. The van der Waals surface area contributed by atoms with E-state index in [1.165, 1.54) is 11.8 Å². The fraction of sp³-hybridized carbons (Fsp3) is 0.640. The van der Waals surface area contributed by atoms with Crippen LogP contribution in [0.25, 0.3) is 0 Å². The molecule has 1 aromatic carbocycles. The van der Waals surface area contributed by atoms with Crippen molar-refractivity contribution in [1.29, 1.82) is 0 Å². The minimum Gasteiger partial charge on any atom is -0.492 e. The van der Waals surface area contributed by atoms with Crippen LogP contribution < -0.4 is 20.7 Å². The van der Waals surface area contributed by atoms with E-state index in [4.69, 9.17) is 4.74 Å². The lowest BCUT2D eigenvalue weighted by atomic mass is 9.96. The van der Waals surface area contributed by atoms with Gasteiger partial charge in [-0.15, -0.1) is 0 Å². The molecule has 1 rings (SSSR count). The number of rotatable bonds is 17. The summed E-state index contributed by atoms with van der Waals surface area (Å²) >= 11 is 0. The molecule has 0 saturated carbocycles. The van der Waals surface area contributed by atoms with Crippen LogP contribution in [-0.2, 0) is 20.8 Å². The van der Waals surface area contributed by atoms with Crippen LogP contribution in [0, 0.1) is 5.92 Å². The molecule has 0 saturated heterocycles. The molecular weight excluding hydrogens is 436 g/mol. The second kappa shape index (κ2) is 16.1. The van der Waals surface area contributed by atoms with Crippen LogP contribution in [0.1, 0.15) is 46.1 Å². The Morgan fingerprint density at radius 2 is 1.88 bits per heavy atom. The molecule has 9 heteroatoms. The Morgan fingerprint density at radius 3 is 2.50 bits per heavy atom. The van der Waals surface area contributed by atoms with E-state index >= 15 is 0 Å². The largest absolute Gasteiger partial charge is 0.492 e. The summed E-state index contributed by atoms with van der Waals surface area (Å²) < 4.78 is 5.97. The Hall–Kier alpha value is -2.65. The lowest BCUT2D eigenvalue weighted by Gasteiger charge is -2.34. The first kappa shape index (κ1) is 29.4. The minimum absolute atomic E-state index is 0.0245. The van der Waals surface area contributed by atoms with Crippen molar-refractivity contribution in [3.8, 4) is 5.75 Å². The minimum atomic E-state index is -1.00. The molecule has 192 valence electrons. The van der Waals surface area contributed by atoms with Crippen molar-refractivity contribution >= 4 is 18.2 Å². The normalized spacial score (nSPS) is 14.4. The van der Waals surface area contributed by atoms with E-state index in [0.717, 1.165) is 30.6 Å². The van der Waals surface area contributed by atoms with Gasteiger partial charge in [0.05, 0.1) is 12.1 Å². The first-order valence-corrected chi connectivity index (χ1v) is 12.1. The molecular formula is C25H42N4O5. The van der Waals surface area contributed by atoms with Crippen LogP contribution in [0.2, 0.25) is 0 Å². The Morgan fingerprint density at radius 1 is 1.18 bits per heavy atom. The van der Waals surface area contributed by atoms with Gasteiger partial charge in [0.2, 0.25) is 18.2 Å². The molecule has 4 N–H and O–H groups in total. The van der Waals surface area contributed by atoms with Crippen molar-refractivity contribution in [2.24, 2.45) is 5.92 Å². The SMILES string of the molecule is CCNC(=O)C(C(C)O)N(C)C(=O)C(NCCOc1ccccc1CCCNC=O)C(C)CC. The first-order chi connectivity index (χ1) is 16.3. The molecule has 0 aliphatic rings. The summed E-state index contributed by atoms with van der Waals surface area (Å²) in [5, 5.41) is 18.8. The molecule has 0 aliphatic heterocycles. The molecule has 3 amide bonds. The van der Waals surface area contributed by atoms with Crippen LogP contribution in [0.5, 0.6) is 5.75 Å². The van der Waals surface area contributed by atoms with Crippen molar-refractivity contribution in [3.05, 3.63) is 29.8 Å². The van der Waals surface area contributed by atoms with Gasteiger partial charge in [0.25, 0.3) is 0 Å². The van der Waals surface area contributed by atoms with Gasteiger partial charge >= 0.3 is 0 Å². The van der Waals surface area contributed by atoms with Crippen molar-refractivity contribution < 1.29 is 24.2 Å². The van der Waals surface area contributed by atoms with Crippen LogP contribution in [0.4, 0.5) is 0 Å². The number of hydrogen-bond acceptors (Lipinski definition) is 6. The molecule has 0 radical (unpaired) electrons. The molecule has 4 unspecified atom stereocenters. The molecule has 0 heterocycles. The summed E-state index contributed by atoms with van der Waals surface area (Å²) in [6.07, 6.45) is 2.06. The summed E-state index contributed by atoms with van der Waals surface area (Å²) in [4.78, 5) is 37.5. The Balaban J connectivity index is 2.76. The highest BCUT2D eigenvalue weighted by Gasteiger charge is 2.35. The summed E-state index contributed by atoms with van der Waals surface area (Å²) in [6.45, 7) is 9.13. The number of aryl methyl sites for hydroxylation is 1. The Kier molecular flexibility index (Phi) is 13.9. The highest BCUT2D eigenvalue weighted by molar-refractivity contribution is 5.90. The zero-order valence-corrected chi connectivity index (χ0v) is 21.2. The van der Waals surface area contributed by atoms with Gasteiger partial charge in [-0.1, -0.05) is 38.5 Å². The van der Waals surface area contributed by atoms with E-state index in [1.54, 1.807) is 14.0 Å². The maximum atomic E-state index is 13.3. The average Bonchev–Trinajstić information content (AvgIpc) is 2.81. The average molecular weight is 479 g/mol. The molecule has 0 aromatic heterocycles. The fourth-order valence-corrected chi connectivity index (χ4v) is 3.79. The van der Waals surface area contributed by atoms with E-state index in [2.05, 4.69) is 16.0 Å². The third kappa shape index (κ3) is 9.30. The third-order valence-corrected chi connectivity index (χ3v) is 5.87. The molecule has 0 aliphatic carbocycles. The lowest BCUT2D eigenvalue weighted by Crippen LogP contribution is -2.58. The van der Waals surface area contributed by atoms with Gasteiger partial charge in [0.15, 0.2) is 0 Å². The van der Waals surface area contributed by atoms with Gasteiger partial charge in [0.1, 0.15) is 18.4 Å².